The van der Waals surface area contributed by atoms with Crippen molar-refractivity contribution >= 4 is 82.4 Å². The van der Waals surface area contributed by atoms with Gasteiger partial charge >= 0.3 is 0 Å². The maximum absolute atomic E-state index is 5.48. The lowest BCUT2D eigenvalue weighted by molar-refractivity contribution is 0.960. The van der Waals surface area contributed by atoms with Gasteiger partial charge in [0.2, 0.25) is 14.0 Å². The number of para-hydroxylation sites is 2. The van der Waals surface area contributed by atoms with Crippen molar-refractivity contribution in [1.29, 1.82) is 0 Å². The average Bonchev–Trinajstić information content (AvgIpc) is 3.66. The zero-order valence-corrected chi connectivity index (χ0v) is 26.0. The van der Waals surface area contributed by atoms with E-state index in [2.05, 4.69) is 156 Å². The van der Waals surface area contributed by atoms with Crippen LogP contribution in [0.5, 0.6) is 0 Å². The Balaban J connectivity index is 1.42. The minimum atomic E-state index is -3.07. The highest BCUT2D eigenvalue weighted by atomic mass is 32.1. The van der Waals surface area contributed by atoms with Gasteiger partial charge in [-0.05, 0) is 33.8 Å². The predicted octanol–water partition coefficient (Wildman–Crippen LogP) is 6.71. The highest BCUT2D eigenvalue weighted by Crippen LogP contribution is 2.34. The van der Waals surface area contributed by atoms with Gasteiger partial charge in [-0.3, -0.25) is 4.57 Å². The van der Waals surface area contributed by atoms with E-state index in [1.165, 1.54) is 46.5 Å². The molecule has 9 aromatic rings. The molecule has 0 saturated carbocycles. The van der Waals surface area contributed by atoms with Crippen LogP contribution in [0.15, 0.2) is 158 Å². The average molecular weight is 611 g/mol. The molecule has 0 aliphatic rings. The Bertz CT molecular complexity index is 2410. The predicted molar refractivity (Wildman–Crippen MR) is 191 cm³/mol. The van der Waals surface area contributed by atoms with Gasteiger partial charge in [0.1, 0.15) is 11.8 Å². The Morgan fingerprint density at radius 3 is 1.71 bits per heavy atom. The number of rotatable bonds is 5. The second-order valence-electron chi connectivity index (χ2n) is 11.2. The number of fused-ring (bicyclic) bond motifs is 6. The molecule has 3 aromatic heterocycles. The van der Waals surface area contributed by atoms with Crippen molar-refractivity contribution in [2.45, 2.75) is 0 Å². The zero-order valence-electron chi connectivity index (χ0n) is 24.2. The fourth-order valence-electron chi connectivity index (χ4n) is 6.99. The summed E-state index contributed by atoms with van der Waals surface area (Å²) >= 11 is 1.86. The molecule has 0 spiro atoms. The molecule has 6 heteroatoms. The minimum absolute atomic E-state index is 0.629. The van der Waals surface area contributed by atoms with Crippen LogP contribution in [0.2, 0.25) is 0 Å². The molecular weight excluding hydrogens is 585 g/mol. The van der Waals surface area contributed by atoms with Crippen molar-refractivity contribution in [3.05, 3.63) is 158 Å². The van der Waals surface area contributed by atoms with Crippen LogP contribution >= 0.6 is 11.3 Å². The molecule has 9 rings (SSSR count). The molecule has 4 nitrogen and oxygen atoms in total. The second-order valence-corrected chi connectivity index (χ2v) is 15.9. The number of aromatic nitrogens is 4. The third-order valence-electron chi connectivity index (χ3n) is 8.90. The van der Waals surface area contributed by atoms with Gasteiger partial charge < -0.3 is 0 Å². The molecule has 0 unspecified atom stereocenters. The van der Waals surface area contributed by atoms with Crippen LogP contribution in [0.3, 0.4) is 0 Å². The van der Waals surface area contributed by atoms with Crippen LogP contribution in [0.1, 0.15) is 0 Å². The topological polar surface area (TPSA) is 43.6 Å². The molecule has 45 heavy (non-hydrogen) atoms. The van der Waals surface area contributed by atoms with Gasteiger partial charge in [0.15, 0.2) is 0 Å². The van der Waals surface area contributed by atoms with Gasteiger partial charge in [-0.25, -0.2) is 15.0 Å². The van der Waals surface area contributed by atoms with Gasteiger partial charge in [-0.2, -0.15) is 0 Å². The molecule has 212 valence electrons. The van der Waals surface area contributed by atoms with Crippen LogP contribution in [0.4, 0.5) is 0 Å². The van der Waals surface area contributed by atoms with Crippen molar-refractivity contribution in [3.8, 4) is 5.95 Å². The van der Waals surface area contributed by atoms with Crippen LogP contribution in [-0.4, -0.2) is 27.6 Å². The number of benzene rings is 6. The quantitative estimate of drug-likeness (QED) is 0.161. The molecule has 0 atom stereocenters. The summed E-state index contributed by atoms with van der Waals surface area (Å²) in [6, 6.07) is 54.2. The van der Waals surface area contributed by atoms with E-state index in [1.807, 2.05) is 11.3 Å². The SMILES string of the molecule is c1ccc([Si](c2ccccc2)(c2ncnc(-n3c4ccccc4c4ccccc43)n2)c2cccc3c2sc2ccccc23)cc1. The Morgan fingerprint density at radius 2 is 1.04 bits per heavy atom. The first-order valence-electron chi connectivity index (χ1n) is 15.0. The Labute approximate surface area is 264 Å². The van der Waals surface area contributed by atoms with E-state index < -0.39 is 8.07 Å². The number of hydrogen-bond donors (Lipinski definition) is 0. The normalized spacial score (nSPS) is 12.0. The molecule has 0 radical (unpaired) electrons. The zero-order chi connectivity index (χ0) is 29.8. The van der Waals surface area contributed by atoms with E-state index in [9.17, 15) is 0 Å². The first kappa shape index (κ1) is 26.0. The van der Waals surface area contributed by atoms with Gasteiger partial charge in [0.25, 0.3) is 0 Å². The lowest BCUT2D eigenvalue weighted by atomic mass is 10.1. The Kier molecular flexibility index (Phi) is 5.97. The first-order valence-corrected chi connectivity index (χ1v) is 17.9. The highest BCUT2D eigenvalue weighted by molar-refractivity contribution is 7.30. The first-order chi connectivity index (χ1) is 22.3. The number of nitrogens with zero attached hydrogens (tertiary/aromatic N) is 4. The summed E-state index contributed by atoms with van der Waals surface area (Å²) < 4.78 is 4.76. The Hall–Kier alpha value is -5.43. The maximum atomic E-state index is 5.48. The van der Waals surface area contributed by atoms with Crippen molar-refractivity contribution in [1.82, 2.24) is 19.5 Å². The van der Waals surface area contributed by atoms with E-state index in [4.69, 9.17) is 15.0 Å². The molecule has 0 aliphatic carbocycles. The van der Waals surface area contributed by atoms with Gasteiger partial charge in [0.05, 0.1) is 11.0 Å². The molecule has 0 saturated heterocycles. The lowest BCUT2D eigenvalue weighted by Gasteiger charge is -2.32. The standard InChI is InChI=1S/C39H26N4SSi/c1-3-14-27(15-4-1)45(28-16-5-2-6-17-28,36-25-13-21-32-31-20-9-12-24-35(31)44-37(32)36)39-41-26-40-38(42-39)43-33-22-10-7-18-29(33)30-19-8-11-23-34(30)43/h1-26H. The molecular formula is C39H26N4SSi. The van der Waals surface area contributed by atoms with Crippen molar-refractivity contribution < 1.29 is 0 Å². The molecule has 0 amide bonds. The molecule has 0 fully saturated rings. The van der Waals surface area contributed by atoms with Crippen LogP contribution in [-0.2, 0) is 0 Å². The summed E-state index contributed by atoms with van der Waals surface area (Å²) in [5.41, 5.74) is 2.97. The summed E-state index contributed by atoms with van der Waals surface area (Å²) in [5.74, 6) is 0.629. The van der Waals surface area contributed by atoms with E-state index in [-0.39, 0.29) is 0 Å². The fourth-order valence-corrected chi connectivity index (χ4v) is 13.2. The summed E-state index contributed by atoms with van der Waals surface area (Å²) in [7, 11) is -3.07. The third kappa shape index (κ3) is 3.86. The summed E-state index contributed by atoms with van der Waals surface area (Å²) in [6.45, 7) is 0. The molecule has 6 aromatic carbocycles. The lowest BCUT2D eigenvalue weighted by Crippen LogP contribution is -2.76. The molecule has 3 heterocycles. The summed E-state index contributed by atoms with van der Waals surface area (Å²) in [4.78, 5) is 15.4. The van der Waals surface area contributed by atoms with Crippen molar-refractivity contribution in [2.24, 2.45) is 0 Å². The fraction of sp³-hybridized carbons (Fsp3) is 0. The minimum Gasteiger partial charge on any atom is -0.278 e. The number of hydrogen-bond acceptors (Lipinski definition) is 4. The largest absolute Gasteiger partial charge is 0.278 e. The Morgan fingerprint density at radius 1 is 0.489 bits per heavy atom. The summed E-state index contributed by atoms with van der Waals surface area (Å²) in [5, 5.41) is 8.68. The smallest absolute Gasteiger partial charge is 0.237 e. The van der Waals surface area contributed by atoms with E-state index in [1.54, 1.807) is 6.33 Å². The van der Waals surface area contributed by atoms with Gasteiger partial charge in [-0.15, -0.1) is 11.3 Å². The van der Waals surface area contributed by atoms with Crippen LogP contribution < -0.4 is 21.0 Å². The highest BCUT2D eigenvalue weighted by Gasteiger charge is 2.46. The summed E-state index contributed by atoms with van der Waals surface area (Å²) in [6.07, 6.45) is 1.71. The van der Waals surface area contributed by atoms with Crippen LogP contribution in [0, 0.1) is 0 Å². The van der Waals surface area contributed by atoms with Crippen molar-refractivity contribution in [3.63, 3.8) is 0 Å². The van der Waals surface area contributed by atoms with Gasteiger partial charge in [-0.1, -0.05) is 133 Å². The monoisotopic (exact) mass is 610 g/mol. The van der Waals surface area contributed by atoms with E-state index >= 15 is 0 Å². The third-order valence-corrected chi connectivity index (χ3v) is 14.8. The van der Waals surface area contributed by atoms with Crippen molar-refractivity contribution in [2.75, 3.05) is 0 Å². The van der Waals surface area contributed by atoms with Gasteiger partial charge in [0, 0.05) is 30.9 Å². The molecule has 0 bridgehead atoms. The maximum Gasteiger partial charge on any atom is 0.237 e. The molecule has 0 aliphatic heterocycles. The van der Waals surface area contributed by atoms with E-state index in [0.29, 0.717) is 5.95 Å². The van der Waals surface area contributed by atoms with Crippen LogP contribution in [0.25, 0.3) is 47.9 Å². The second kappa shape index (κ2) is 10.3. The number of thiophene rings is 1. The van der Waals surface area contributed by atoms with E-state index in [0.717, 1.165) is 16.5 Å². The molecule has 0 N–H and O–H groups in total.